The number of nitrogens with zero attached hydrogens (tertiary/aromatic N) is 3. The Morgan fingerprint density at radius 3 is 2.78 bits per heavy atom. The lowest BCUT2D eigenvalue weighted by Gasteiger charge is -2.18. The molecule has 1 aliphatic heterocycles. The quantitative estimate of drug-likeness (QED) is 0.727. The Labute approximate surface area is 132 Å². The number of fused-ring (bicyclic) bond motifs is 2. The molecule has 0 fully saturated rings. The van der Waals surface area contributed by atoms with Gasteiger partial charge in [0.05, 0.1) is 17.2 Å². The number of para-hydroxylation sites is 3. The third-order valence-corrected chi connectivity index (χ3v) is 4.23. The fourth-order valence-electron chi connectivity index (χ4n) is 3.10. The van der Waals surface area contributed by atoms with Crippen LogP contribution in [0.2, 0.25) is 0 Å². The van der Waals surface area contributed by atoms with E-state index in [0.29, 0.717) is 17.6 Å². The summed E-state index contributed by atoms with van der Waals surface area (Å²) < 4.78 is 1.49. The molecule has 0 bridgehead atoms. The summed E-state index contributed by atoms with van der Waals surface area (Å²) in [7, 11) is 0. The molecule has 2 heterocycles. The average Bonchev–Trinajstić information content (AvgIpc) is 3.01. The van der Waals surface area contributed by atoms with Crippen molar-refractivity contribution in [2.24, 2.45) is 0 Å². The van der Waals surface area contributed by atoms with Gasteiger partial charge in [0, 0.05) is 12.2 Å². The van der Waals surface area contributed by atoms with Crippen molar-refractivity contribution in [3.05, 3.63) is 70.6 Å². The van der Waals surface area contributed by atoms with E-state index in [-0.39, 0.29) is 18.0 Å². The van der Waals surface area contributed by atoms with Gasteiger partial charge in [0.2, 0.25) is 5.91 Å². The maximum Gasteiger partial charge on any atom is 0.269 e. The molecule has 0 atom stereocenters. The van der Waals surface area contributed by atoms with Gasteiger partial charge < -0.3 is 4.90 Å². The molecule has 0 radical (unpaired) electrons. The zero-order valence-corrected chi connectivity index (χ0v) is 12.5. The lowest BCUT2D eigenvalue weighted by Crippen LogP contribution is -2.35. The molecule has 0 aliphatic carbocycles. The number of aromatic nitrogens is 2. The lowest BCUT2D eigenvalue weighted by atomic mass is 10.2. The van der Waals surface area contributed by atoms with Crippen molar-refractivity contribution in [1.29, 1.82) is 0 Å². The molecule has 2 aromatic carbocycles. The first-order valence-corrected chi connectivity index (χ1v) is 7.57. The maximum absolute atomic E-state index is 12.7. The molecule has 0 spiro atoms. The fraction of sp³-hybridized carbons (Fsp3) is 0.167. The van der Waals surface area contributed by atoms with Gasteiger partial charge in [0.1, 0.15) is 6.54 Å². The minimum absolute atomic E-state index is 0.0240. The molecular weight excluding hydrogens is 290 g/mol. The number of amides is 1. The largest absolute Gasteiger partial charge is 0.310 e. The van der Waals surface area contributed by atoms with E-state index in [0.717, 1.165) is 12.1 Å². The van der Waals surface area contributed by atoms with Crippen molar-refractivity contribution in [3.8, 4) is 0 Å². The molecule has 0 saturated heterocycles. The Morgan fingerprint density at radius 1 is 1.09 bits per heavy atom. The average molecular weight is 305 g/mol. The molecular formula is C18H15N3O2. The van der Waals surface area contributed by atoms with Crippen molar-refractivity contribution >= 4 is 22.6 Å². The van der Waals surface area contributed by atoms with Gasteiger partial charge in [-0.2, -0.15) is 0 Å². The smallest absolute Gasteiger partial charge is 0.269 e. The van der Waals surface area contributed by atoms with Crippen LogP contribution in [0.5, 0.6) is 0 Å². The Kier molecular flexibility index (Phi) is 3.19. The molecule has 1 amide bonds. The first-order chi connectivity index (χ1) is 11.2. The van der Waals surface area contributed by atoms with Crippen molar-refractivity contribution < 1.29 is 4.79 Å². The summed E-state index contributed by atoms with van der Waals surface area (Å²) in [6.07, 6.45) is 2.13. The number of carbonyl (C=O) groups excluding carboxylic acids is 1. The van der Waals surface area contributed by atoms with Crippen LogP contribution in [0.15, 0.2) is 59.5 Å². The molecule has 5 heteroatoms. The van der Waals surface area contributed by atoms with Crippen LogP contribution in [0.3, 0.4) is 0 Å². The second-order valence-corrected chi connectivity index (χ2v) is 5.60. The molecule has 0 unspecified atom stereocenters. The summed E-state index contributed by atoms with van der Waals surface area (Å²) in [5.74, 6) is -0.0756. The topological polar surface area (TPSA) is 55.2 Å². The first-order valence-electron chi connectivity index (χ1n) is 7.57. The van der Waals surface area contributed by atoms with Crippen LogP contribution >= 0.6 is 0 Å². The lowest BCUT2D eigenvalue weighted by molar-refractivity contribution is -0.119. The van der Waals surface area contributed by atoms with Crippen molar-refractivity contribution in [2.45, 2.75) is 13.0 Å². The summed E-state index contributed by atoms with van der Waals surface area (Å²) in [6, 6.07) is 15.3. The second kappa shape index (κ2) is 5.35. The van der Waals surface area contributed by atoms with Gasteiger partial charge in [-0.15, -0.1) is 0 Å². The second-order valence-electron chi connectivity index (χ2n) is 5.60. The summed E-state index contributed by atoms with van der Waals surface area (Å²) >= 11 is 0. The van der Waals surface area contributed by atoms with E-state index in [9.17, 15) is 9.59 Å². The Balaban J connectivity index is 1.71. The van der Waals surface area contributed by atoms with Crippen LogP contribution in [0.25, 0.3) is 11.0 Å². The molecule has 1 aliphatic rings. The van der Waals surface area contributed by atoms with E-state index in [1.165, 1.54) is 16.3 Å². The minimum atomic E-state index is -0.260. The van der Waals surface area contributed by atoms with Gasteiger partial charge in [0.25, 0.3) is 5.56 Å². The normalized spacial score (nSPS) is 13.3. The SMILES string of the molecule is O=C(Cn1c(=O)cnc2ccccc21)N1CCc2ccccc21. The van der Waals surface area contributed by atoms with Crippen LogP contribution in [0.4, 0.5) is 5.69 Å². The van der Waals surface area contributed by atoms with Crippen molar-refractivity contribution in [2.75, 3.05) is 11.4 Å². The summed E-state index contributed by atoms with van der Waals surface area (Å²) in [6.45, 7) is 0.687. The van der Waals surface area contributed by atoms with E-state index in [2.05, 4.69) is 4.98 Å². The van der Waals surface area contributed by atoms with E-state index in [4.69, 9.17) is 0 Å². The van der Waals surface area contributed by atoms with E-state index >= 15 is 0 Å². The fourth-order valence-corrected chi connectivity index (χ4v) is 3.10. The third-order valence-electron chi connectivity index (χ3n) is 4.23. The third kappa shape index (κ3) is 2.30. The predicted molar refractivity (Wildman–Crippen MR) is 88.5 cm³/mol. The summed E-state index contributed by atoms with van der Waals surface area (Å²) in [4.78, 5) is 30.8. The van der Waals surface area contributed by atoms with E-state index in [1.54, 1.807) is 4.90 Å². The number of benzene rings is 2. The highest BCUT2D eigenvalue weighted by molar-refractivity contribution is 5.95. The van der Waals surface area contributed by atoms with Crippen LogP contribution in [0, 0.1) is 0 Å². The van der Waals surface area contributed by atoms with Crippen LogP contribution < -0.4 is 10.5 Å². The highest BCUT2D eigenvalue weighted by Gasteiger charge is 2.24. The number of carbonyl (C=O) groups is 1. The van der Waals surface area contributed by atoms with Crippen molar-refractivity contribution in [1.82, 2.24) is 9.55 Å². The van der Waals surface area contributed by atoms with Gasteiger partial charge in [-0.05, 0) is 30.2 Å². The molecule has 23 heavy (non-hydrogen) atoms. The zero-order chi connectivity index (χ0) is 15.8. The number of hydrogen-bond donors (Lipinski definition) is 0. The molecule has 0 N–H and O–H groups in total. The number of hydrogen-bond acceptors (Lipinski definition) is 3. The summed E-state index contributed by atoms with van der Waals surface area (Å²) in [5.41, 5.74) is 3.25. The highest BCUT2D eigenvalue weighted by atomic mass is 16.2. The molecule has 0 saturated carbocycles. The van der Waals surface area contributed by atoms with Gasteiger partial charge in [-0.1, -0.05) is 30.3 Å². The van der Waals surface area contributed by atoms with Gasteiger partial charge in [-0.3, -0.25) is 14.2 Å². The Morgan fingerprint density at radius 2 is 1.87 bits per heavy atom. The standard InChI is InChI=1S/C18H15N3O2/c22-17-11-19-14-6-2-4-8-16(14)21(17)12-18(23)20-10-9-13-5-1-3-7-15(13)20/h1-8,11H,9-10,12H2. The van der Waals surface area contributed by atoms with Gasteiger partial charge in [0.15, 0.2) is 0 Å². The molecule has 1 aromatic heterocycles. The maximum atomic E-state index is 12.7. The predicted octanol–water partition coefficient (Wildman–Crippen LogP) is 1.99. The molecule has 114 valence electrons. The van der Waals surface area contributed by atoms with Crippen LogP contribution in [-0.2, 0) is 17.8 Å². The van der Waals surface area contributed by atoms with Crippen molar-refractivity contribution in [3.63, 3.8) is 0 Å². The monoisotopic (exact) mass is 305 g/mol. The van der Waals surface area contributed by atoms with Gasteiger partial charge >= 0.3 is 0 Å². The molecule has 4 rings (SSSR count). The summed E-state index contributed by atoms with van der Waals surface area (Å²) in [5, 5.41) is 0. The Bertz CT molecular complexity index is 962. The van der Waals surface area contributed by atoms with E-state index in [1.807, 2.05) is 48.5 Å². The van der Waals surface area contributed by atoms with E-state index < -0.39 is 0 Å². The van der Waals surface area contributed by atoms with Gasteiger partial charge in [-0.25, -0.2) is 4.98 Å². The Hall–Kier alpha value is -2.95. The zero-order valence-electron chi connectivity index (χ0n) is 12.5. The minimum Gasteiger partial charge on any atom is -0.310 e. The van der Waals surface area contributed by atoms with Crippen LogP contribution in [-0.4, -0.2) is 22.0 Å². The van der Waals surface area contributed by atoms with Crippen LogP contribution in [0.1, 0.15) is 5.56 Å². The number of anilines is 1. The molecule has 5 nitrogen and oxygen atoms in total. The first kappa shape index (κ1) is 13.7. The number of rotatable bonds is 2. The highest BCUT2D eigenvalue weighted by Crippen LogP contribution is 2.27. The molecule has 3 aromatic rings.